The van der Waals surface area contributed by atoms with E-state index in [1.54, 1.807) is 12.1 Å². The molecule has 0 aliphatic carbocycles. The molecule has 8 heteroatoms. The van der Waals surface area contributed by atoms with Gasteiger partial charge in [-0.05, 0) is 43.7 Å². The first-order valence-corrected chi connectivity index (χ1v) is 9.21. The third-order valence-electron chi connectivity index (χ3n) is 3.87. The lowest BCUT2D eigenvalue weighted by Crippen LogP contribution is -2.26. The molecule has 2 heterocycles. The molecular weight excluding hydrogens is 321 g/mol. The number of rotatable bonds is 5. The normalized spacial score (nSPS) is 20.2. The largest absolute Gasteiger partial charge is 0.338 e. The summed E-state index contributed by atoms with van der Waals surface area (Å²) in [6.45, 7) is 1.12. The van der Waals surface area contributed by atoms with Crippen molar-refractivity contribution in [2.24, 2.45) is 5.92 Å². The molecular formula is C15H18FN3O3S. The fraction of sp³-hybridized carbons (Fsp3) is 0.467. The summed E-state index contributed by atoms with van der Waals surface area (Å²) in [7, 11) is -0.963. The Hall–Kier alpha value is -1.80. The summed E-state index contributed by atoms with van der Waals surface area (Å²) in [5, 5.41) is 3.89. The molecule has 0 saturated carbocycles. The molecule has 1 aliphatic rings. The smallest absolute Gasteiger partial charge is 0.241 e. The van der Waals surface area contributed by atoms with E-state index in [-0.39, 0.29) is 23.2 Å². The van der Waals surface area contributed by atoms with E-state index in [4.69, 9.17) is 4.52 Å². The molecule has 1 saturated heterocycles. The van der Waals surface area contributed by atoms with Crippen molar-refractivity contribution in [1.29, 1.82) is 0 Å². The summed E-state index contributed by atoms with van der Waals surface area (Å²) in [6, 6.07) is 5.88. The van der Waals surface area contributed by atoms with Crippen LogP contribution in [0.5, 0.6) is 0 Å². The molecule has 3 rings (SSSR count). The fourth-order valence-corrected chi connectivity index (χ4v) is 4.64. The third kappa shape index (κ3) is 4.14. The fourth-order valence-electron chi connectivity index (χ4n) is 2.79. The zero-order valence-corrected chi connectivity index (χ0v) is 13.6. The zero-order valence-electron chi connectivity index (χ0n) is 12.8. The van der Waals surface area contributed by atoms with Crippen molar-refractivity contribution in [3.8, 4) is 11.4 Å². The predicted molar refractivity (Wildman–Crippen MR) is 82.8 cm³/mol. The van der Waals surface area contributed by atoms with Gasteiger partial charge in [0.1, 0.15) is 5.82 Å². The molecule has 6 nitrogen and oxygen atoms in total. The van der Waals surface area contributed by atoms with Gasteiger partial charge < -0.3 is 4.52 Å². The Morgan fingerprint density at radius 2 is 2.09 bits per heavy atom. The van der Waals surface area contributed by atoms with Gasteiger partial charge in [0.05, 0.1) is 18.1 Å². The minimum Gasteiger partial charge on any atom is -0.338 e. The van der Waals surface area contributed by atoms with Crippen LogP contribution < -0.4 is 0 Å². The molecule has 1 fully saturated rings. The number of benzene rings is 1. The molecule has 23 heavy (non-hydrogen) atoms. The second kappa shape index (κ2) is 6.37. The molecule has 0 amide bonds. The molecule has 0 bridgehead atoms. The average molecular weight is 339 g/mol. The summed E-state index contributed by atoms with van der Waals surface area (Å²) >= 11 is 0. The Kier molecular flexibility index (Phi) is 4.45. The average Bonchev–Trinajstić information content (AvgIpc) is 3.06. The first-order chi connectivity index (χ1) is 10.9. The Bertz CT molecular complexity index is 774. The minimum atomic E-state index is -2.86. The molecule has 1 aromatic carbocycles. The molecule has 1 aromatic heterocycles. The predicted octanol–water partition coefficient (Wildman–Crippen LogP) is 1.74. The van der Waals surface area contributed by atoms with Crippen LogP contribution in [0.3, 0.4) is 0 Å². The SMILES string of the molecule is CN(Cc1nc(-c2ccc(F)cc2)no1)CC1CCS(=O)(=O)C1. The van der Waals surface area contributed by atoms with E-state index in [2.05, 4.69) is 10.1 Å². The summed E-state index contributed by atoms with van der Waals surface area (Å²) in [4.78, 5) is 6.27. The third-order valence-corrected chi connectivity index (χ3v) is 5.71. The van der Waals surface area contributed by atoms with E-state index in [0.717, 1.165) is 0 Å². The van der Waals surface area contributed by atoms with Crippen molar-refractivity contribution in [2.75, 3.05) is 25.1 Å². The number of sulfone groups is 1. The maximum Gasteiger partial charge on any atom is 0.241 e. The highest BCUT2D eigenvalue weighted by molar-refractivity contribution is 7.91. The monoisotopic (exact) mass is 339 g/mol. The van der Waals surface area contributed by atoms with Crippen molar-refractivity contribution in [1.82, 2.24) is 15.0 Å². The molecule has 1 atom stereocenters. The first-order valence-electron chi connectivity index (χ1n) is 7.39. The van der Waals surface area contributed by atoms with Gasteiger partial charge >= 0.3 is 0 Å². The topological polar surface area (TPSA) is 76.3 Å². The van der Waals surface area contributed by atoms with Gasteiger partial charge in [0.15, 0.2) is 9.84 Å². The van der Waals surface area contributed by atoms with Crippen LogP contribution in [0.25, 0.3) is 11.4 Å². The Balaban J connectivity index is 1.59. The van der Waals surface area contributed by atoms with E-state index in [1.807, 2.05) is 11.9 Å². The second-order valence-corrected chi connectivity index (χ2v) is 8.21. The van der Waals surface area contributed by atoms with Crippen LogP contribution in [-0.2, 0) is 16.4 Å². The van der Waals surface area contributed by atoms with Crippen molar-refractivity contribution < 1.29 is 17.3 Å². The van der Waals surface area contributed by atoms with E-state index in [1.165, 1.54) is 12.1 Å². The maximum atomic E-state index is 12.9. The van der Waals surface area contributed by atoms with Gasteiger partial charge in [-0.1, -0.05) is 5.16 Å². The summed E-state index contributed by atoms with van der Waals surface area (Å²) in [5.74, 6) is 1.24. The van der Waals surface area contributed by atoms with E-state index in [9.17, 15) is 12.8 Å². The van der Waals surface area contributed by atoms with Crippen LogP contribution in [0, 0.1) is 11.7 Å². The van der Waals surface area contributed by atoms with Gasteiger partial charge in [0, 0.05) is 12.1 Å². The molecule has 124 valence electrons. The van der Waals surface area contributed by atoms with Crippen LogP contribution in [0.4, 0.5) is 4.39 Å². The maximum absolute atomic E-state index is 12.9. The van der Waals surface area contributed by atoms with Gasteiger partial charge in [0.2, 0.25) is 11.7 Å². The van der Waals surface area contributed by atoms with Crippen molar-refractivity contribution in [2.45, 2.75) is 13.0 Å². The summed E-state index contributed by atoms with van der Waals surface area (Å²) < 4.78 is 41.1. The Morgan fingerprint density at radius 1 is 1.35 bits per heavy atom. The van der Waals surface area contributed by atoms with Crippen molar-refractivity contribution in [3.63, 3.8) is 0 Å². The molecule has 1 aliphatic heterocycles. The number of aromatic nitrogens is 2. The van der Waals surface area contributed by atoms with Gasteiger partial charge in [-0.3, -0.25) is 4.90 Å². The molecule has 0 spiro atoms. The Labute approximate surface area is 134 Å². The quantitative estimate of drug-likeness (QED) is 0.826. The summed E-state index contributed by atoms with van der Waals surface area (Å²) in [6.07, 6.45) is 0.706. The lowest BCUT2D eigenvalue weighted by atomic mass is 10.1. The van der Waals surface area contributed by atoms with Crippen LogP contribution in [-0.4, -0.2) is 48.6 Å². The van der Waals surface area contributed by atoms with Gasteiger partial charge in [0.25, 0.3) is 0 Å². The standard InChI is InChI=1S/C15H18FN3O3S/c1-19(8-11-6-7-23(20,21)10-11)9-14-17-15(18-22-14)12-2-4-13(16)5-3-12/h2-5,11H,6-10H2,1H3. The second-order valence-electron chi connectivity index (χ2n) is 5.98. The number of halogens is 1. The van der Waals surface area contributed by atoms with Crippen LogP contribution in [0.15, 0.2) is 28.8 Å². The van der Waals surface area contributed by atoms with E-state index in [0.29, 0.717) is 36.8 Å². The summed E-state index contributed by atoms with van der Waals surface area (Å²) in [5.41, 5.74) is 0.686. The van der Waals surface area contributed by atoms with E-state index < -0.39 is 9.84 Å². The van der Waals surface area contributed by atoms with E-state index >= 15 is 0 Å². The van der Waals surface area contributed by atoms with Crippen LogP contribution in [0.1, 0.15) is 12.3 Å². The molecule has 2 aromatic rings. The lowest BCUT2D eigenvalue weighted by Gasteiger charge is -2.17. The van der Waals surface area contributed by atoms with Gasteiger partial charge in [-0.15, -0.1) is 0 Å². The van der Waals surface area contributed by atoms with Crippen LogP contribution in [0.2, 0.25) is 0 Å². The zero-order chi connectivity index (χ0) is 16.4. The highest BCUT2D eigenvalue weighted by atomic mass is 32.2. The minimum absolute atomic E-state index is 0.157. The first kappa shape index (κ1) is 16.1. The van der Waals surface area contributed by atoms with Crippen molar-refractivity contribution in [3.05, 3.63) is 36.0 Å². The lowest BCUT2D eigenvalue weighted by molar-refractivity contribution is 0.240. The van der Waals surface area contributed by atoms with Gasteiger partial charge in [-0.2, -0.15) is 4.98 Å². The number of hydrogen-bond donors (Lipinski definition) is 0. The van der Waals surface area contributed by atoms with Gasteiger partial charge in [-0.25, -0.2) is 12.8 Å². The van der Waals surface area contributed by atoms with Crippen LogP contribution >= 0.6 is 0 Å². The Morgan fingerprint density at radius 3 is 2.74 bits per heavy atom. The molecule has 0 N–H and O–H groups in total. The number of hydrogen-bond acceptors (Lipinski definition) is 6. The number of nitrogens with zero attached hydrogens (tertiary/aromatic N) is 3. The van der Waals surface area contributed by atoms with Crippen molar-refractivity contribution >= 4 is 9.84 Å². The molecule has 1 unspecified atom stereocenters. The highest BCUT2D eigenvalue weighted by Gasteiger charge is 2.28. The molecule has 0 radical (unpaired) electrons. The highest BCUT2D eigenvalue weighted by Crippen LogP contribution is 2.20.